The number of rotatable bonds is 1. The van der Waals surface area contributed by atoms with Gasteiger partial charge in [-0.1, -0.05) is 0 Å². The van der Waals surface area contributed by atoms with Crippen LogP contribution in [-0.2, 0) is 4.74 Å². The molecule has 0 bridgehead atoms. The molecule has 10 heavy (non-hydrogen) atoms. The minimum atomic E-state index is 0.148. The van der Waals surface area contributed by atoms with E-state index < -0.39 is 0 Å². The Balaban J connectivity index is 2.00. The first kappa shape index (κ1) is 6.20. The molecule has 0 aromatic rings. The molecule has 0 aliphatic carbocycles. The summed E-state index contributed by atoms with van der Waals surface area (Å²) in [6.07, 6.45) is 1.06. The summed E-state index contributed by atoms with van der Waals surface area (Å²) in [6.45, 7) is 0.789. The average molecular weight is 134 g/mol. The molecular formula is C6H7BN2O. The lowest BCUT2D eigenvalue weighted by atomic mass is 10.1. The standard InChI is InChI=1S/C6H7BN2O/c7-9-3-5-6(10-5)4(9)1-2-8/h4-6H,1,3H2/t4-,5+,6-/m1/s1. The number of morpholine rings is 1. The average Bonchev–Trinajstić information content (AvgIpc) is 2.57. The van der Waals surface area contributed by atoms with Crippen LogP contribution in [0.5, 0.6) is 0 Å². The second kappa shape index (κ2) is 1.98. The molecule has 0 N–H and O–H groups in total. The van der Waals surface area contributed by atoms with E-state index in [4.69, 9.17) is 18.0 Å². The molecule has 50 valence electrons. The highest BCUT2D eigenvalue weighted by atomic mass is 16.6. The molecule has 3 atom stereocenters. The van der Waals surface area contributed by atoms with Crippen molar-refractivity contribution in [2.24, 2.45) is 0 Å². The Morgan fingerprint density at radius 2 is 2.60 bits per heavy atom. The molecule has 2 radical (unpaired) electrons. The van der Waals surface area contributed by atoms with Gasteiger partial charge in [0.1, 0.15) is 6.10 Å². The Labute approximate surface area is 61.0 Å². The zero-order valence-corrected chi connectivity index (χ0v) is 5.53. The number of fused-ring (bicyclic) bond motifs is 1. The maximum absolute atomic E-state index is 8.39. The SMILES string of the molecule is [B]N1C[C@@H]2O[C@@H]2[C@H]1CC#N. The summed E-state index contributed by atoms with van der Waals surface area (Å²) >= 11 is 0. The van der Waals surface area contributed by atoms with Crippen molar-refractivity contribution < 1.29 is 4.74 Å². The van der Waals surface area contributed by atoms with Crippen molar-refractivity contribution in [3.63, 3.8) is 0 Å². The summed E-state index contributed by atoms with van der Waals surface area (Å²) in [7, 11) is 5.59. The van der Waals surface area contributed by atoms with Gasteiger partial charge < -0.3 is 9.55 Å². The maximum atomic E-state index is 8.39. The van der Waals surface area contributed by atoms with E-state index >= 15 is 0 Å². The highest BCUT2D eigenvalue weighted by Gasteiger charge is 2.52. The third-order valence-electron chi connectivity index (χ3n) is 2.12. The molecule has 0 spiro atoms. The summed E-state index contributed by atoms with van der Waals surface area (Å²) < 4.78 is 5.22. The minimum Gasteiger partial charge on any atom is -0.367 e. The maximum Gasteiger partial charge on any atom is 0.183 e. The number of hydrogen-bond donors (Lipinski definition) is 0. The normalized spacial score (nSPS) is 44.5. The summed E-state index contributed by atoms with van der Waals surface area (Å²) in [5.41, 5.74) is 0. The van der Waals surface area contributed by atoms with Gasteiger partial charge in [-0.3, -0.25) is 0 Å². The summed E-state index contributed by atoms with van der Waals surface area (Å²) in [6, 6.07) is 2.24. The number of epoxide rings is 1. The van der Waals surface area contributed by atoms with Gasteiger partial charge in [0.25, 0.3) is 0 Å². The Morgan fingerprint density at radius 1 is 1.80 bits per heavy atom. The number of nitriles is 1. The van der Waals surface area contributed by atoms with E-state index in [1.54, 1.807) is 4.81 Å². The van der Waals surface area contributed by atoms with Crippen LogP contribution in [-0.4, -0.2) is 37.6 Å². The van der Waals surface area contributed by atoms with Gasteiger partial charge in [0.05, 0.1) is 18.6 Å². The van der Waals surface area contributed by atoms with Crippen LogP contribution in [0.25, 0.3) is 0 Å². The van der Waals surface area contributed by atoms with E-state index in [1.165, 1.54) is 0 Å². The van der Waals surface area contributed by atoms with Crippen LogP contribution in [0.15, 0.2) is 0 Å². The van der Waals surface area contributed by atoms with E-state index in [2.05, 4.69) is 6.07 Å². The lowest BCUT2D eigenvalue weighted by Crippen LogP contribution is -2.32. The van der Waals surface area contributed by atoms with Crippen LogP contribution in [0, 0.1) is 11.3 Å². The van der Waals surface area contributed by atoms with Crippen molar-refractivity contribution in [2.75, 3.05) is 6.54 Å². The number of hydrogen-bond acceptors (Lipinski definition) is 3. The second-order valence-electron chi connectivity index (χ2n) is 2.77. The second-order valence-corrected chi connectivity index (χ2v) is 2.77. The van der Waals surface area contributed by atoms with Crippen LogP contribution >= 0.6 is 0 Å². The highest BCUT2D eigenvalue weighted by molar-refractivity contribution is 6.05. The molecular weight excluding hydrogens is 127 g/mol. The van der Waals surface area contributed by atoms with Gasteiger partial charge in [-0.15, -0.1) is 0 Å². The predicted molar refractivity (Wildman–Crippen MR) is 35.1 cm³/mol. The number of ether oxygens (including phenoxy) is 1. The molecule has 4 heteroatoms. The first-order chi connectivity index (χ1) is 4.83. The van der Waals surface area contributed by atoms with Crippen molar-refractivity contribution >= 4 is 7.98 Å². The van der Waals surface area contributed by atoms with Crippen molar-refractivity contribution in [1.29, 1.82) is 5.26 Å². The molecule has 0 aromatic carbocycles. The molecule has 2 aliphatic heterocycles. The van der Waals surface area contributed by atoms with Crippen LogP contribution in [0.2, 0.25) is 0 Å². The largest absolute Gasteiger partial charge is 0.367 e. The Bertz CT molecular complexity index is 189. The Morgan fingerprint density at radius 3 is 3.10 bits per heavy atom. The van der Waals surface area contributed by atoms with E-state index in [0.29, 0.717) is 12.5 Å². The Kier molecular flexibility index (Phi) is 1.23. The third kappa shape index (κ3) is 0.748. The van der Waals surface area contributed by atoms with Crippen molar-refractivity contribution in [3.8, 4) is 6.07 Å². The van der Waals surface area contributed by atoms with Crippen LogP contribution < -0.4 is 0 Å². The van der Waals surface area contributed by atoms with Gasteiger partial charge in [-0.25, -0.2) is 0 Å². The Hall–Kier alpha value is -0.525. The highest BCUT2D eigenvalue weighted by Crippen LogP contribution is 2.36. The van der Waals surface area contributed by atoms with E-state index in [0.717, 1.165) is 6.54 Å². The number of nitrogens with zero attached hydrogens (tertiary/aromatic N) is 2. The van der Waals surface area contributed by atoms with Gasteiger partial charge >= 0.3 is 0 Å². The molecule has 0 amide bonds. The summed E-state index contributed by atoms with van der Waals surface area (Å²) in [5, 5.41) is 8.39. The van der Waals surface area contributed by atoms with Crippen LogP contribution in [0.4, 0.5) is 0 Å². The molecule has 2 saturated heterocycles. The topological polar surface area (TPSA) is 39.6 Å². The van der Waals surface area contributed by atoms with Gasteiger partial charge in [0.2, 0.25) is 0 Å². The molecule has 2 heterocycles. The van der Waals surface area contributed by atoms with Crippen LogP contribution in [0.1, 0.15) is 6.42 Å². The fourth-order valence-corrected chi connectivity index (χ4v) is 1.50. The van der Waals surface area contributed by atoms with E-state index in [9.17, 15) is 0 Å². The van der Waals surface area contributed by atoms with Crippen molar-refractivity contribution in [3.05, 3.63) is 0 Å². The lowest BCUT2D eigenvalue weighted by molar-refractivity contribution is 0.222. The van der Waals surface area contributed by atoms with Gasteiger partial charge in [0.15, 0.2) is 7.98 Å². The minimum absolute atomic E-state index is 0.148. The first-order valence-electron chi connectivity index (χ1n) is 3.36. The smallest absolute Gasteiger partial charge is 0.183 e. The van der Waals surface area contributed by atoms with Crippen molar-refractivity contribution in [1.82, 2.24) is 4.81 Å². The quantitative estimate of drug-likeness (QED) is 0.356. The first-order valence-corrected chi connectivity index (χ1v) is 3.36. The molecule has 3 nitrogen and oxygen atoms in total. The summed E-state index contributed by atoms with van der Waals surface area (Å²) in [5.74, 6) is 0. The van der Waals surface area contributed by atoms with Gasteiger partial charge in [0, 0.05) is 12.6 Å². The van der Waals surface area contributed by atoms with Gasteiger partial charge in [-0.05, 0) is 0 Å². The molecule has 0 aromatic heterocycles. The molecule has 2 aliphatic rings. The molecule has 0 saturated carbocycles. The van der Waals surface area contributed by atoms with Crippen LogP contribution in [0.3, 0.4) is 0 Å². The monoisotopic (exact) mass is 134 g/mol. The zero-order chi connectivity index (χ0) is 7.14. The fourth-order valence-electron chi connectivity index (χ4n) is 1.50. The van der Waals surface area contributed by atoms with E-state index in [-0.39, 0.29) is 12.1 Å². The molecule has 2 fully saturated rings. The summed E-state index contributed by atoms with van der Waals surface area (Å²) in [4.78, 5) is 1.71. The molecule has 2 rings (SSSR count). The lowest BCUT2D eigenvalue weighted by Gasteiger charge is -2.19. The van der Waals surface area contributed by atoms with Crippen molar-refractivity contribution in [2.45, 2.75) is 24.7 Å². The van der Waals surface area contributed by atoms with E-state index in [1.807, 2.05) is 0 Å². The third-order valence-corrected chi connectivity index (χ3v) is 2.12. The molecule has 0 unspecified atom stereocenters. The van der Waals surface area contributed by atoms with Gasteiger partial charge in [-0.2, -0.15) is 5.26 Å². The zero-order valence-electron chi connectivity index (χ0n) is 5.53. The fraction of sp³-hybridized carbons (Fsp3) is 0.833. The predicted octanol–water partition coefficient (Wildman–Crippen LogP) is -0.565.